The van der Waals surface area contributed by atoms with E-state index in [9.17, 15) is 8.42 Å². The highest BCUT2D eigenvalue weighted by Crippen LogP contribution is 2.26. The third kappa shape index (κ3) is 4.99. The van der Waals surface area contributed by atoms with Crippen molar-refractivity contribution in [2.75, 3.05) is 26.2 Å². The fourth-order valence-electron chi connectivity index (χ4n) is 3.86. The molecule has 0 radical (unpaired) electrons. The molecular weight excluding hydrogens is 450 g/mol. The van der Waals surface area contributed by atoms with E-state index in [0.717, 1.165) is 16.9 Å². The summed E-state index contributed by atoms with van der Waals surface area (Å²) in [6, 6.07) is 15.5. The summed E-state index contributed by atoms with van der Waals surface area (Å²) in [5.41, 5.74) is 2.52. The van der Waals surface area contributed by atoms with E-state index >= 15 is 0 Å². The molecule has 1 saturated heterocycles. The van der Waals surface area contributed by atoms with Crippen LogP contribution in [-0.4, -0.2) is 49.0 Å². The van der Waals surface area contributed by atoms with Gasteiger partial charge in [0.25, 0.3) is 0 Å². The van der Waals surface area contributed by atoms with Crippen LogP contribution in [0.1, 0.15) is 22.6 Å². The van der Waals surface area contributed by atoms with E-state index in [1.807, 2.05) is 48.5 Å². The highest BCUT2D eigenvalue weighted by molar-refractivity contribution is 7.89. The number of hydrogen-bond acceptors (Lipinski definition) is 6. The first-order valence-electron chi connectivity index (χ1n) is 10.4. The lowest BCUT2D eigenvalue weighted by molar-refractivity contribution is 0.178. The van der Waals surface area contributed by atoms with Crippen LogP contribution < -0.4 is 4.74 Å². The third-order valence-corrected chi connectivity index (χ3v) is 7.97. The molecule has 1 aromatic heterocycles. The zero-order valence-corrected chi connectivity index (χ0v) is 19.7. The third-order valence-electron chi connectivity index (χ3n) is 5.57. The maximum absolute atomic E-state index is 13.0. The zero-order chi connectivity index (χ0) is 22.7. The van der Waals surface area contributed by atoms with E-state index in [1.165, 1.54) is 4.31 Å². The molecule has 2 heterocycles. The predicted octanol–water partition coefficient (Wildman–Crippen LogP) is 4.03. The number of rotatable bonds is 7. The van der Waals surface area contributed by atoms with Crippen LogP contribution in [0.3, 0.4) is 0 Å². The quantitative estimate of drug-likeness (QED) is 0.513. The Balaban J connectivity index is 1.38. The maximum Gasteiger partial charge on any atom is 0.248 e. The van der Waals surface area contributed by atoms with Crippen molar-refractivity contribution < 1.29 is 17.7 Å². The van der Waals surface area contributed by atoms with Gasteiger partial charge in [-0.05, 0) is 37.6 Å². The molecule has 0 unspecified atom stereocenters. The van der Waals surface area contributed by atoms with Gasteiger partial charge in [-0.3, -0.25) is 4.90 Å². The number of aromatic nitrogens is 1. The van der Waals surface area contributed by atoms with Crippen molar-refractivity contribution in [1.29, 1.82) is 0 Å². The van der Waals surface area contributed by atoms with Crippen LogP contribution in [0.2, 0.25) is 5.02 Å². The van der Waals surface area contributed by atoms with E-state index in [-0.39, 0.29) is 4.90 Å². The van der Waals surface area contributed by atoms with Gasteiger partial charge in [-0.2, -0.15) is 4.31 Å². The Hall–Kier alpha value is -2.39. The zero-order valence-electron chi connectivity index (χ0n) is 18.1. The standard InChI is InChI=1S/C23H26ClN3O4S/c1-17-23(18(2)31-25-17)32(28,29)27-13-11-26(12-14-27)15-20-5-3-4-6-22(20)30-16-19-7-9-21(24)10-8-19/h3-10H,11-16H2,1-2H3. The minimum absolute atomic E-state index is 0.187. The maximum atomic E-state index is 13.0. The Morgan fingerprint density at radius 2 is 1.72 bits per heavy atom. The SMILES string of the molecule is Cc1noc(C)c1S(=O)(=O)N1CCN(Cc2ccccc2OCc2ccc(Cl)cc2)CC1. The summed E-state index contributed by atoms with van der Waals surface area (Å²) in [6.07, 6.45) is 0. The smallest absolute Gasteiger partial charge is 0.248 e. The predicted molar refractivity (Wildman–Crippen MR) is 122 cm³/mol. The minimum Gasteiger partial charge on any atom is -0.489 e. The van der Waals surface area contributed by atoms with Gasteiger partial charge in [0.05, 0.1) is 0 Å². The van der Waals surface area contributed by atoms with Crippen LogP contribution in [-0.2, 0) is 23.2 Å². The van der Waals surface area contributed by atoms with Crippen molar-refractivity contribution in [2.24, 2.45) is 0 Å². The van der Waals surface area contributed by atoms with Gasteiger partial charge in [0, 0.05) is 43.3 Å². The topological polar surface area (TPSA) is 75.9 Å². The summed E-state index contributed by atoms with van der Waals surface area (Å²) >= 11 is 5.95. The monoisotopic (exact) mass is 475 g/mol. The number of para-hydroxylation sites is 1. The van der Waals surface area contributed by atoms with Gasteiger partial charge in [-0.15, -0.1) is 0 Å². The van der Waals surface area contributed by atoms with Crippen LogP contribution in [0.4, 0.5) is 0 Å². The number of nitrogens with zero attached hydrogens (tertiary/aromatic N) is 3. The molecule has 0 amide bonds. The molecule has 1 aliphatic rings. The summed E-state index contributed by atoms with van der Waals surface area (Å²) in [4.78, 5) is 2.43. The number of ether oxygens (including phenoxy) is 1. The molecule has 0 N–H and O–H groups in total. The Kier molecular flexibility index (Phi) is 6.85. The lowest BCUT2D eigenvalue weighted by Crippen LogP contribution is -2.48. The van der Waals surface area contributed by atoms with Crippen molar-refractivity contribution in [3.63, 3.8) is 0 Å². The molecule has 1 aliphatic heterocycles. The Morgan fingerprint density at radius 3 is 2.38 bits per heavy atom. The summed E-state index contributed by atoms with van der Waals surface area (Å²) in [5.74, 6) is 1.16. The van der Waals surface area contributed by atoms with Crippen molar-refractivity contribution in [3.8, 4) is 5.75 Å². The Bertz CT molecular complexity index is 1150. The number of halogens is 1. The molecular formula is C23H26ClN3O4S. The first-order valence-corrected chi connectivity index (χ1v) is 12.3. The molecule has 3 aromatic rings. The molecule has 170 valence electrons. The molecule has 0 atom stereocenters. The van der Waals surface area contributed by atoms with Crippen molar-refractivity contribution in [1.82, 2.24) is 14.4 Å². The molecule has 0 saturated carbocycles. The Labute approximate surface area is 193 Å². The fraction of sp³-hybridized carbons (Fsp3) is 0.348. The van der Waals surface area contributed by atoms with Gasteiger partial charge in [-0.1, -0.05) is 47.1 Å². The molecule has 7 nitrogen and oxygen atoms in total. The molecule has 1 fully saturated rings. The molecule has 9 heteroatoms. The van der Waals surface area contributed by atoms with E-state index in [2.05, 4.69) is 10.1 Å². The second-order valence-electron chi connectivity index (χ2n) is 7.86. The second kappa shape index (κ2) is 9.62. The number of aryl methyl sites for hydroxylation is 2. The summed E-state index contributed by atoms with van der Waals surface area (Å²) in [7, 11) is -3.61. The lowest BCUT2D eigenvalue weighted by atomic mass is 10.1. The number of piperazine rings is 1. The molecule has 0 spiro atoms. The second-order valence-corrected chi connectivity index (χ2v) is 10.2. The van der Waals surface area contributed by atoms with Gasteiger partial charge >= 0.3 is 0 Å². The first kappa shape index (κ1) is 22.8. The average Bonchev–Trinajstić information content (AvgIpc) is 3.13. The van der Waals surface area contributed by atoms with Crippen molar-refractivity contribution in [2.45, 2.75) is 31.9 Å². The Morgan fingerprint density at radius 1 is 1.03 bits per heavy atom. The molecule has 4 rings (SSSR count). The largest absolute Gasteiger partial charge is 0.489 e. The summed E-state index contributed by atoms with van der Waals surface area (Å²) in [6.45, 7) is 6.53. The van der Waals surface area contributed by atoms with Crippen molar-refractivity contribution in [3.05, 3.63) is 76.1 Å². The van der Waals surface area contributed by atoms with E-state index < -0.39 is 10.0 Å². The van der Waals surface area contributed by atoms with Gasteiger partial charge in [0.1, 0.15) is 22.9 Å². The van der Waals surface area contributed by atoms with Crippen LogP contribution in [0.5, 0.6) is 5.75 Å². The van der Waals surface area contributed by atoms with E-state index in [0.29, 0.717) is 55.8 Å². The first-order chi connectivity index (χ1) is 15.3. The molecule has 2 aromatic carbocycles. The summed E-state index contributed by atoms with van der Waals surface area (Å²) < 4.78 is 38.7. The molecule has 0 aliphatic carbocycles. The molecule has 32 heavy (non-hydrogen) atoms. The number of benzene rings is 2. The van der Waals surface area contributed by atoms with Gasteiger partial charge < -0.3 is 9.26 Å². The normalized spacial score (nSPS) is 15.7. The van der Waals surface area contributed by atoms with Crippen LogP contribution in [0.25, 0.3) is 0 Å². The number of hydrogen-bond donors (Lipinski definition) is 0. The van der Waals surface area contributed by atoms with Crippen molar-refractivity contribution >= 4 is 21.6 Å². The van der Waals surface area contributed by atoms with Crippen LogP contribution >= 0.6 is 11.6 Å². The highest BCUT2D eigenvalue weighted by atomic mass is 35.5. The lowest BCUT2D eigenvalue weighted by Gasteiger charge is -2.34. The van der Waals surface area contributed by atoms with Gasteiger partial charge in [0.2, 0.25) is 10.0 Å². The van der Waals surface area contributed by atoms with Gasteiger partial charge in [0.15, 0.2) is 5.76 Å². The fourth-order valence-corrected chi connectivity index (χ4v) is 5.70. The van der Waals surface area contributed by atoms with Gasteiger partial charge in [-0.25, -0.2) is 8.42 Å². The average molecular weight is 476 g/mol. The van der Waals surface area contributed by atoms with E-state index in [1.54, 1.807) is 13.8 Å². The minimum atomic E-state index is -3.61. The summed E-state index contributed by atoms with van der Waals surface area (Å²) in [5, 5.41) is 4.49. The van der Waals surface area contributed by atoms with Crippen LogP contribution in [0.15, 0.2) is 57.9 Å². The highest BCUT2D eigenvalue weighted by Gasteiger charge is 2.33. The number of sulfonamides is 1. The molecule has 0 bridgehead atoms. The van der Waals surface area contributed by atoms with E-state index in [4.69, 9.17) is 20.9 Å². The van der Waals surface area contributed by atoms with Crippen LogP contribution in [0, 0.1) is 13.8 Å².